The Morgan fingerprint density at radius 3 is 1.68 bits per heavy atom. The third-order valence-corrected chi connectivity index (χ3v) is 6.05. The molecule has 2 aromatic rings. The summed E-state index contributed by atoms with van der Waals surface area (Å²) in [4.78, 5) is 2.56. The maximum absolute atomic E-state index is 6.03. The smallest absolute Gasteiger partial charge is 0.118 e. The molecule has 0 aromatic heterocycles. The Morgan fingerprint density at radius 2 is 1.19 bits per heavy atom. The molecule has 4 heteroatoms. The first kappa shape index (κ1) is 25.2. The minimum absolute atomic E-state index is 0.163. The van der Waals surface area contributed by atoms with Crippen molar-refractivity contribution in [3.05, 3.63) is 59.7 Å². The predicted octanol–water partition coefficient (Wildman–Crippen LogP) is 6.82. The molecule has 4 nitrogen and oxygen atoms in total. The molecule has 0 aliphatic heterocycles. The summed E-state index contributed by atoms with van der Waals surface area (Å²) < 4.78 is 16.6. The van der Waals surface area contributed by atoms with Gasteiger partial charge >= 0.3 is 0 Å². The van der Waals surface area contributed by atoms with E-state index in [0.29, 0.717) is 6.04 Å². The van der Waals surface area contributed by atoms with Gasteiger partial charge in [0.15, 0.2) is 0 Å². The van der Waals surface area contributed by atoms with Crippen LogP contribution in [-0.2, 0) is 4.74 Å². The van der Waals surface area contributed by atoms with Gasteiger partial charge in [0, 0.05) is 12.6 Å². The van der Waals surface area contributed by atoms with Gasteiger partial charge in [-0.25, -0.2) is 0 Å². The van der Waals surface area contributed by atoms with Crippen LogP contribution in [0.25, 0.3) is 0 Å². The van der Waals surface area contributed by atoms with Crippen LogP contribution in [0.15, 0.2) is 48.5 Å². The summed E-state index contributed by atoms with van der Waals surface area (Å²) in [6.07, 6.45) is 6.00. The lowest BCUT2D eigenvalue weighted by Gasteiger charge is -2.30. The van der Waals surface area contributed by atoms with Crippen molar-refractivity contribution in [2.45, 2.75) is 65.0 Å². The number of hydrogen-bond acceptors (Lipinski definition) is 4. The third kappa shape index (κ3) is 7.86. The number of unbranched alkanes of at least 4 members (excludes halogenated alkanes) is 2. The number of benzene rings is 2. The molecular formula is C27H41NO3. The molecule has 31 heavy (non-hydrogen) atoms. The maximum Gasteiger partial charge on any atom is 0.118 e. The van der Waals surface area contributed by atoms with Crippen LogP contribution in [0, 0.1) is 0 Å². The van der Waals surface area contributed by atoms with Gasteiger partial charge in [-0.1, -0.05) is 57.4 Å². The van der Waals surface area contributed by atoms with E-state index in [0.717, 1.165) is 37.6 Å². The van der Waals surface area contributed by atoms with Crippen LogP contribution in [0.2, 0.25) is 0 Å². The van der Waals surface area contributed by atoms with Gasteiger partial charge in [-0.05, 0) is 68.2 Å². The first-order chi connectivity index (χ1) is 15.2. The molecular weight excluding hydrogens is 386 g/mol. The molecule has 0 N–H and O–H groups in total. The maximum atomic E-state index is 6.03. The highest BCUT2D eigenvalue weighted by Crippen LogP contribution is 2.30. The van der Waals surface area contributed by atoms with Gasteiger partial charge in [-0.15, -0.1) is 0 Å². The molecule has 0 aliphatic rings. The number of rotatable bonds is 15. The zero-order valence-electron chi connectivity index (χ0n) is 20.1. The molecule has 2 unspecified atom stereocenters. The minimum Gasteiger partial charge on any atom is -0.497 e. The zero-order chi connectivity index (χ0) is 22.5. The van der Waals surface area contributed by atoms with E-state index in [2.05, 4.69) is 62.1 Å². The summed E-state index contributed by atoms with van der Waals surface area (Å²) >= 11 is 0. The lowest BCUT2D eigenvalue weighted by Crippen LogP contribution is -2.28. The third-order valence-electron chi connectivity index (χ3n) is 6.05. The van der Waals surface area contributed by atoms with E-state index in [1.165, 1.54) is 36.8 Å². The number of ether oxygens (including phenoxy) is 3. The fourth-order valence-electron chi connectivity index (χ4n) is 4.26. The fourth-order valence-corrected chi connectivity index (χ4v) is 4.26. The van der Waals surface area contributed by atoms with Crippen LogP contribution in [-0.4, -0.2) is 38.8 Å². The van der Waals surface area contributed by atoms with Crippen molar-refractivity contribution in [1.82, 2.24) is 4.90 Å². The Labute approximate surface area is 189 Å². The van der Waals surface area contributed by atoms with E-state index in [4.69, 9.17) is 14.2 Å². The van der Waals surface area contributed by atoms with E-state index in [-0.39, 0.29) is 6.10 Å². The molecule has 2 rings (SSSR count). The number of nitrogens with zero attached hydrogens (tertiary/aromatic N) is 1. The highest BCUT2D eigenvalue weighted by atomic mass is 16.5. The summed E-state index contributed by atoms with van der Waals surface area (Å²) in [5.41, 5.74) is 2.62. The molecule has 172 valence electrons. The monoisotopic (exact) mass is 427 g/mol. The molecule has 0 radical (unpaired) electrons. The largest absolute Gasteiger partial charge is 0.497 e. The van der Waals surface area contributed by atoms with Gasteiger partial charge in [-0.2, -0.15) is 0 Å². The van der Waals surface area contributed by atoms with Crippen LogP contribution in [0.4, 0.5) is 0 Å². The normalized spacial score (nSPS) is 13.2. The van der Waals surface area contributed by atoms with E-state index >= 15 is 0 Å². The van der Waals surface area contributed by atoms with Crippen molar-refractivity contribution in [2.24, 2.45) is 0 Å². The highest BCUT2D eigenvalue weighted by molar-refractivity contribution is 5.29. The van der Waals surface area contributed by atoms with E-state index in [1.807, 2.05) is 12.1 Å². The first-order valence-electron chi connectivity index (χ1n) is 11.8. The second-order valence-electron chi connectivity index (χ2n) is 7.87. The summed E-state index contributed by atoms with van der Waals surface area (Å²) in [5.74, 6) is 1.81. The summed E-state index contributed by atoms with van der Waals surface area (Å²) in [5, 5.41) is 0. The quantitative estimate of drug-likeness (QED) is 0.292. The number of hydrogen-bond donors (Lipinski definition) is 0. The molecule has 0 spiro atoms. The molecule has 0 aliphatic carbocycles. The molecule has 0 amide bonds. The molecule has 0 fully saturated rings. The summed E-state index contributed by atoms with van der Waals surface area (Å²) in [6.45, 7) is 9.44. The van der Waals surface area contributed by atoms with Crippen molar-refractivity contribution >= 4 is 0 Å². The molecule has 0 heterocycles. The highest BCUT2D eigenvalue weighted by Gasteiger charge is 2.18. The van der Waals surface area contributed by atoms with Gasteiger partial charge in [0.05, 0.1) is 20.3 Å². The average molecular weight is 428 g/mol. The van der Waals surface area contributed by atoms with Gasteiger partial charge in [0.2, 0.25) is 0 Å². The second-order valence-corrected chi connectivity index (χ2v) is 7.87. The Balaban J connectivity index is 1.89. The van der Waals surface area contributed by atoms with E-state index in [1.54, 1.807) is 14.2 Å². The summed E-state index contributed by atoms with van der Waals surface area (Å²) in [7, 11) is 3.42. The van der Waals surface area contributed by atoms with Crippen molar-refractivity contribution in [3.8, 4) is 11.5 Å². The lowest BCUT2D eigenvalue weighted by molar-refractivity contribution is 0.0540. The van der Waals surface area contributed by atoms with E-state index < -0.39 is 0 Å². The van der Waals surface area contributed by atoms with Crippen LogP contribution in [0.5, 0.6) is 11.5 Å². The van der Waals surface area contributed by atoms with Crippen molar-refractivity contribution in [2.75, 3.05) is 33.9 Å². The Morgan fingerprint density at radius 1 is 0.677 bits per heavy atom. The summed E-state index contributed by atoms with van der Waals surface area (Å²) in [6, 6.07) is 17.3. The van der Waals surface area contributed by atoms with Crippen molar-refractivity contribution in [3.63, 3.8) is 0 Å². The minimum atomic E-state index is 0.163. The Kier molecular flexibility index (Phi) is 11.5. The zero-order valence-corrected chi connectivity index (χ0v) is 20.1. The van der Waals surface area contributed by atoms with Gasteiger partial charge in [0.1, 0.15) is 11.5 Å². The fraction of sp³-hybridized carbons (Fsp3) is 0.556. The van der Waals surface area contributed by atoms with Crippen LogP contribution >= 0.6 is 0 Å². The van der Waals surface area contributed by atoms with Gasteiger partial charge in [0.25, 0.3) is 0 Å². The average Bonchev–Trinajstić information content (AvgIpc) is 2.83. The Bertz CT molecular complexity index is 710. The van der Waals surface area contributed by atoms with Crippen molar-refractivity contribution < 1.29 is 14.2 Å². The molecule has 0 saturated carbocycles. The standard InChI is InChI=1S/C27H41NO3/c1-6-28(7-2)26(22-14-18-24(29-4)19-15-22)12-10-9-11-13-27(31-8-3)23-16-20-25(30-5)21-17-23/h14-21,26-27H,6-13H2,1-5H3. The van der Waals surface area contributed by atoms with E-state index in [9.17, 15) is 0 Å². The molecule has 0 saturated heterocycles. The van der Waals surface area contributed by atoms with Crippen LogP contribution < -0.4 is 9.47 Å². The first-order valence-corrected chi connectivity index (χ1v) is 11.8. The SMILES string of the molecule is CCOC(CCCCCC(c1ccc(OC)cc1)N(CC)CC)c1ccc(OC)cc1. The van der Waals surface area contributed by atoms with Crippen LogP contribution in [0.3, 0.4) is 0 Å². The Hall–Kier alpha value is -2.04. The number of methoxy groups -OCH3 is 2. The predicted molar refractivity (Wildman–Crippen MR) is 129 cm³/mol. The van der Waals surface area contributed by atoms with Gasteiger partial charge < -0.3 is 14.2 Å². The molecule has 0 bridgehead atoms. The topological polar surface area (TPSA) is 30.9 Å². The van der Waals surface area contributed by atoms with Gasteiger partial charge in [-0.3, -0.25) is 4.90 Å². The lowest BCUT2D eigenvalue weighted by atomic mass is 9.97. The molecule has 2 aromatic carbocycles. The second kappa shape index (κ2) is 14.1. The molecule has 2 atom stereocenters. The van der Waals surface area contributed by atoms with Crippen molar-refractivity contribution in [1.29, 1.82) is 0 Å². The van der Waals surface area contributed by atoms with Crippen LogP contribution in [0.1, 0.15) is 76.1 Å².